The SMILES string of the molecule is COc1cc(C[C@H]2c3cc(OC)c(OC)c(OC)c3CCN2C)c(Oc2cc3c(cc2OC)-c2c(OC)c(OC)c(OC)c4c2C(C3)N(C)CC4)cc1OC. The molecule has 0 saturated carbocycles. The van der Waals surface area contributed by atoms with Gasteiger partial charge in [-0.2, -0.15) is 0 Å². The minimum absolute atomic E-state index is 0.0460. The van der Waals surface area contributed by atoms with Crippen LogP contribution in [0.1, 0.15) is 45.5 Å². The van der Waals surface area contributed by atoms with E-state index >= 15 is 0 Å². The number of likely N-dealkylation sites (N-methyl/N-ethyl adjacent to an activating group) is 2. The second kappa shape index (κ2) is 15.5. The molecule has 12 heteroatoms. The summed E-state index contributed by atoms with van der Waals surface area (Å²) < 4.78 is 60.1. The van der Waals surface area contributed by atoms with Crippen LogP contribution >= 0.6 is 0 Å². The molecule has 4 aromatic rings. The Kier molecular flexibility index (Phi) is 10.7. The highest BCUT2D eigenvalue weighted by molar-refractivity contribution is 5.87. The zero-order chi connectivity index (χ0) is 39.1. The molecule has 294 valence electrons. The third kappa shape index (κ3) is 6.25. The summed E-state index contributed by atoms with van der Waals surface area (Å²) in [6.07, 6.45) is 2.99. The van der Waals surface area contributed by atoms with Gasteiger partial charge in [0.25, 0.3) is 0 Å². The van der Waals surface area contributed by atoms with Crippen LogP contribution in [0.25, 0.3) is 11.1 Å². The van der Waals surface area contributed by atoms with Crippen LogP contribution in [0.15, 0.2) is 30.3 Å². The summed E-state index contributed by atoms with van der Waals surface area (Å²) >= 11 is 0. The Morgan fingerprint density at radius 2 is 1.11 bits per heavy atom. The van der Waals surface area contributed by atoms with Gasteiger partial charge in [-0.05, 0) is 86.3 Å². The average Bonchev–Trinajstić information content (AvgIpc) is 3.21. The Morgan fingerprint density at radius 3 is 1.75 bits per heavy atom. The molecule has 0 aromatic heterocycles. The van der Waals surface area contributed by atoms with E-state index in [2.05, 4.69) is 42.1 Å². The first-order chi connectivity index (χ1) is 26.7. The minimum atomic E-state index is -0.0460. The van der Waals surface area contributed by atoms with Crippen molar-refractivity contribution in [1.29, 1.82) is 0 Å². The van der Waals surface area contributed by atoms with Crippen LogP contribution in [0.2, 0.25) is 0 Å². The number of methoxy groups -OCH3 is 9. The van der Waals surface area contributed by atoms with Crippen LogP contribution in [0.3, 0.4) is 0 Å². The third-order valence-corrected chi connectivity index (χ3v) is 11.5. The Balaban J connectivity index is 1.36. The van der Waals surface area contributed by atoms with Crippen LogP contribution in [-0.4, -0.2) is 101 Å². The smallest absolute Gasteiger partial charge is 0.204 e. The van der Waals surface area contributed by atoms with Gasteiger partial charge in [0.15, 0.2) is 46.0 Å². The number of nitrogens with zero attached hydrogens (tertiary/aromatic N) is 2. The number of rotatable bonds is 13. The zero-order valence-corrected chi connectivity index (χ0v) is 33.8. The molecule has 0 bridgehead atoms. The summed E-state index contributed by atoms with van der Waals surface area (Å²) in [6.45, 7) is 1.71. The quantitative estimate of drug-likeness (QED) is 0.140. The summed E-state index contributed by atoms with van der Waals surface area (Å²) in [7, 11) is 19.2. The third-order valence-electron chi connectivity index (χ3n) is 11.5. The van der Waals surface area contributed by atoms with Gasteiger partial charge in [0.05, 0.1) is 64.0 Å². The average molecular weight is 757 g/mol. The van der Waals surface area contributed by atoms with Crippen molar-refractivity contribution in [3.63, 3.8) is 0 Å². The van der Waals surface area contributed by atoms with Crippen molar-refractivity contribution in [2.45, 2.75) is 37.8 Å². The van der Waals surface area contributed by atoms with E-state index in [1.807, 2.05) is 12.1 Å². The molecule has 2 heterocycles. The van der Waals surface area contributed by atoms with Crippen molar-refractivity contribution in [3.05, 3.63) is 63.7 Å². The Labute approximate surface area is 323 Å². The molecular formula is C43H52N2O10. The highest BCUT2D eigenvalue weighted by Crippen LogP contribution is 2.58. The van der Waals surface area contributed by atoms with Gasteiger partial charge in [-0.3, -0.25) is 9.80 Å². The highest BCUT2D eigenvalue weighted by atomic mass is 16.5. The van der Waals surface area contributed by atoms with E-state index < -0.39 is 0 Å². The van der Waals surface area contributed by atoms with Crippen molar-refractivity contribution >= 4 is 0 Å². The Morgan fingerprint density at radius 1 is 0.527 bits per heavy atom. The van der Waals surface area contributed by atoms with E-state index in [4.69, 9.17) is 47.4 Å². The first-order valence-electron chi connectivity index (χ1n) is 18.4. The topological polar surface area (TPSA) is 98.8 Å². The highest BCUT2D eigenvalue weighted by Gasteiger charge is 2.40. The molecule has 0 spiro atoms. The summed E-state index contributed by atoms with van der Waals surface area (Å²) in [6, 6.07) is 10.2. The number of ether oxygens (including phenoxy) is 10. The van der Waals surface area contributed by atoms with Gasteiger partial charge in [-0.25, -0.2) is 0 Å². The van der Waals surface area contributed by atoms with Crippen molar-refractivity contribution in [3.8, 4) is 74.4 Å². The zero-order valence-electron chi connectivity index (χ0n) is 33.8. The maximum Gasteiger partial charge on any atom is 0.204 e. The van der Waals surface area contributed by atoms with Gasteiger partial charge in [0.2, 0.25) is 11.5 Å². The summed E-state index contributed by atoms with van der Waals surface area (Å²) in [5.74, 6) is 6.82. The molecule has 0 fully saturated rings. The maximum atomic E-state index is 6.95. The molecule has 1 aliphatic carbocycles. The van der Waals surface area contributed by atoms with Gasteiger partial charge < -0.3 is 47.4 Å². The first kappa shape index (κ1) is 38.1. The fourth-order valence-corrected chi connectivity index (χ4v) is 8.82. The van der Waals surface area contributed by atoms with E-state index in [9.17, 15) is 0 Å². The van der Waals surface area contributed by atoms with Gasteiger partial charge in [0, 0.05) is 53.5 Å². The maximum absolute atomic E-state index is 6.95. The van der Waals surface area contributed by atoms with Crippen molar-refractivity contribution in [2.75, 3.05) is 91.2 Å². The molecule has 7 rings (SSSR count). The number of fused-ring (bicyclic) bond motifs is 3. The van der Waals surface area contributed by atoms with Crippen LogP contribution in [-0.2, 0) is 25.7 Å². The van der Waals surface area contributed by atoms with Crippen molar-refractivity contribution < 1.29 is 47.4 Å². The van der Waals surface area contributed by atoms with Crippen molar-refractivity contribution in [2.24, 2.45) is 0 Å². The largest absolute Gasteiger partial charge is 0.493 e. The second-order valence-corrected chi connectivity index (χ2v) is 14.1. The minimum Gasteiger partial charge on any atom is -0.493 e. The van der Waals surface area contributed by atoms with Gasteiger partial charge >= 0.3 is 0 Å². The van der Waals surface area contributed by atoms with Gasteiger partial charge in [0.1, 0.15) is 5.75 Å². The lowest BCUT2D eigenvalue weighted by molar-refractivity contribution is 0.222. The predicted octanol–water partition coefficient (Wildman–Crippen LogP) is 7.08. The van der Waals surface area contributed by atoms with Gasteiger partial charge in [-0.1, -0.05) is 0 Å². The lowest BCUT2D eigenvalue weighted by Crippen LogP contribution is -2.36. The molecule has 0 amide bonds. The fourth-order valence-electron chi connectivity index (χ4n) is 8.82. The molecule has 12 nitrogen and oxygen atoms in total. The molecule has 4 aromatic carbocycles. The van der Waals surface area contributed by atoms with Crippen LogP contribution in [0.4, 0.5) is 0 Å². The molecule has 2 aliphatic heterocycles. The lowest BCUT2D eigenvalue weighted by atomic mass is 9.76. The molecule has 55 heavy (non-hydrogen) atoms. The van der Waals surface area contributed by atoms with E-state index in [1.54, 1.807) is 64.0 Å². The lowest BCUT2D eigenvalue weighted by Gasteiger charge is -2.41. The van der Waals surface area contributed by atoms with E-state index in [0.717, 1.165) is 77.0 Å². The molecule has 2 atom stereocenters. The summed E-state index contributed by atoms with van der Waals surface area (Å²) in [4.78, 5) is 4.74. The normalized spacial score (nSPS) is 17.3. The standard InChI is InChI=1S/C43H52N2O10/c1-44-14-12-25-28(21-36(49-6)41(52-9)39(25)50-7)29(44)17-24-19-32(46-3)34(48-5)22-31(24)55-35-18-23-16-30-37-26(13-15-45(30)2)40(51-8)43(54-11)42(53-10)38(37)27(23)20-33(35)47-4/h18-22,29-30H,12-17H2,1-11H3/t29-,30?/m0/s1. The van der Waals surface area contributed by atoms with Crippen LogP contribution < -0.4 is 47.4 Å². The van der Waals surface area contributed by atoms with Crippen LogP contribution in [0, 0.1) is 0 Å². The molecule has 0 radical (unpaired) electrons. The Hall–Kier alpha value is -5.20. The molecule has 0 saturated heterocycles. The number of hydrogen-bond donors (Lipinski definition) is 0. The summed E-state index contributed by atoms with van der Waals surface area (Å²) in [5, 5.41) is 0. The summed E-state index contributed by atoms with van der Waals surface area (Å²) in [5.41, 5.74) is 8.60. The number of benzene rings is 4. The molecular weight excluding hydrogens is 704 g/mol. The first-order valence-corrected chi connectivity index (χ1v) is 18.4. The fraction of sp³-hybridized carbons (Fsp3) is 0.442. The Bertz CT molecular complexity index is 2100. The van der Waals surface area contributed by atoms with E-state index in [1.165, 1.54) is 5.56 Å². The molecule has 0 N–H and O–H groups in total. The van der Waals surface area contributed by atoms with E-state index in [-0.39, 0.29) is 12.1 Å². The monoisotopic (exact) mass is 756 g/mol. The molecule has 3 aliphatic rings. The van der Waals surface area contributed by atoms with E-state index in [0.29, 0.717) is 63.9 Å². The van der Waals surface area contributed by atoms with Gasteiger partial charge in [-0.15, -0.1) is 0 Å². The second-order valence-electron chi connectivity index (χ2n) is 14.1. The molecule has 1 unspecified atom stereocenters. The van der Waals surface area contributed by atoms with Crippen molar-refractivity contribution in [1.82, 2.24) is 9.80 Å². The predicted molar refractivity (Wildman–Crippen MR) is 209 cm³/mol. The number of hydrogen-bond acceptors (Lipinski definition) is 12. The van der Waals surface area contributed by atoms with Crippen LogP contribution in [0.5, 0.6) is 63.2 Å².